The maximum atomic E-state index is 13.9. The number of pyridine rings is 1. The van der Waals surface area contributed by atoms with E-state index in [1.165, 1.54) is 23.9 Å². The summed E-state index contributed by atoms with van der Waals surface area (Å²) in [6.45, 7) is -0.0428. The van der Waals surface area contributed by atoms with Crippen LogP contribution in [0.2, 0.25) is 0 Å². The average Bonchev–Trinajstić information content (AvgIpc) is 3.30. The average molecular weight is 499 g/mol. The Morgan fingerprint density at radius 3 is 2.67 bits per heavy atom. The second-order valence-corrected chi connectivity index (χ2v) is 9.04. The molecule has 5 rings (SSSR count). The zero-order valence-corrected chi connectivity index (χ0v) is 19.7. The van der Waals surface area contributed by atoms with Gasteiger partial charge < -0.3 is 5.32 Å². The lowest BCUT2D eigenvalue weighted by molar-refractivity contribution is 0.0947. The zero-order chi connectivity index (χ0) is 24.9. The summed E-state index contributed by atoms with van der Waals surface area (Å²) in [6, 6.07) is 22.2. The second kappa shape index (κ2) is 10.5. The van der Waals surface area contributed by atoms with Gasteiger partial charge in [0, 0.05) is 39.5 Å². The Balaban J connectivity index is 1.32. The van der Waals surface area contributed by atoms with Gasteiger partial charge in [0.1, 0.15) is 11.6 Å². The molecule has 0 bridgehead atoms. The number of H-pyrrole nitrogens is 1. The van der Waals surface area contributed by atoms with Gasteiger partial charge in [0.15, 0.2) is 0 Å². The SMILES string of the molecule is O=C(NCc1ccc(F)cc1F)c1ccccc1Sc1ccc2c(/C=C/c3ccccn3)n[nH]c2c1. The third kappa shape index (κ3) is 5.34. The fourth-order valence-electron chi connectivity index (χ4n) is 3.66. The van der Waals surface area contributed by atoms with Crippen LogP contribution in [0, 0.1) is 11.6 Å². The summed E-state index contributed by atoms with van der Waals surface area (Å²) in [5.74, 6) is -1.69. The summed E-state index contributed by atoms with van der Waals surface area (Å²) in [5, 5.41) is 11.2. The molecule has 8 heteroatoms. The largest absolute Gasteiger partial charge is 0.348 e. The van der Waals surface area contributed by atoms with Crippen LogP contribution in [0.15, 0.2) is 94.9 Å². The number of aromatic nitrogens is 3. The number of hydrogen-bond donors (Lipinski definition) is 2. The number of nitrogens with zero attached hydrogens (tertiary/aromatic N) is 2. The summed E-state index contributed by atoms with van der Waals surface area (Å²) < 4.78 is 27.1. The maximum Gasteiger partial charge on any atom is 0.252 e. The lowest BCUT2D eigenvalue weighted by atomic mass is 10.2. The van der Waals surface area contributed by atoms with Crippen molar-refractivity contribution in [3.8, 4) is 0 Å². The Morgan fingerprint density at radius 1 is 0.972 bits per heavy atom. The van der Waals surface area contributed by atoms with Crippen molar-refractivity contribution < 1.29 is 13.6 Å². The molecule has 5 aromatic rings. The van der Waals surface area contributed by atoms with Gasteiger partial charge in [-0.3, -0.25) is 14.9 Å². The van der Waals surface area contributed by atoms with E-state index in [-0.39, 0.29) is 18.0 Å². The number of amides is 1. The maximum absolute atomic E-state index is 13.9. The van der Waals surface area contributed by atoms with Crippen molar-refractivity contribution in [3.63, 3.8) is 0 Å². The van der Waals surface area contributed by atoms with Crippen LogP contribution < -0.4 is 5.32 Å². The highest BCUT2D eigenvalue weighted by atomic mass is 32.2. The monoisotopic (exact) mass is 498 g/mol. The van der Waals surface area contributed by atoms with E-state index in [4.69, 9.17) is 0 Å². The van der Waals surface area contributed by atoms with Crippen LogP contribution in [0.4, 0.5) is 8.78 Å². The van der Waals surface area contributed by atoms with Crippen molar-refractivity contribution >= 4 is 40.7 Å². The van der Waals surface area contributed by atoms with Gasteiger partial charge in [-0.15, -0.1) is 0 Å². The van der Waals surface area contributed by atoms with Gasteiger partial charge in [0.25, 0.3) is 5.91 Å². The van der Waals surface area contributed by atoms with Crippen LogP contribution in [-0.2, 0) is 6.54 Å². The number of hydrogen-bond acceptors (Lipinski definition) is 4. The quantitative estimate of drug-likeness (QED) is 0.269. The molecule has 0 aliphatic heterocycles. The molecular formula is C28H20F2N4OS. The Morgan fingerprint density at radius 2 is 1.83 bits per heavy atom. The van der Waals surface area contributed by atoms with Crippen LogP contribution in [0.5, 0.6) is 0 Å². The van der Waals surface area contributed by atoms with Crippen LogP contribution in [0.25, 0.3) is 23.1 Å². The minimum Gasteiger partial charge on any atom is -0.348 e. The zero-order valence-electron chi connectivity index (χ0n) is 18.9. The molecule has 0 saturated carbocycles. The summed E-state index contributed by atoms with van der Waals surface area (Å²) in [5.41, 5.74) is 3.20. The number of carbonyl (C=O) groups excluding carboxylic acids is 1. The predicted molar refractivity (Wildman–Crippen MR) is 137 cm³/mol. The van der Waals surface area contributed by atoms with Gasteiger partial charge in [-0.25, -0.2) is 8.78 Å². The highest BCUT2D eigenvalue weighted by Gasteiger charge is 2.14. The Kier molecular flexibility index (Phi) is 6.86. The van der Waals surface area contributed by atoms with E-state index >= 15 is 0 Å². The summed E-state index contributed by atoms with van der Waals surface area (Å²) in [4.78, 5) is 18.8. The van der Waals surface area contributed by atoms with E-state index in [2.05, 4.69) is 20.5 Å². The van der Waals surface area contributed by atoms with E-state index in [1.54, 1.807) is 18.3 Å². The standard InChI is InChI=1S/C28H20F2N4OS/c29-19-9-8-18(24(30)15-19)17-32-28(35)23-6-1-2-7-27(23)36-21-11-12-22-25(33-34-26(22)16-21)13-10-20-5-3-4-14-31-20/h1-16H,17H2,(H,32,35)(H,33,34)/b13-10+. The van der Waals surface area contributed by atoms with Gasteiger partial charge >= 0.3 is 0 Å². The summed E-state index contributed by atoms with van der Waals surface area (Å²) in [7, 11) is 0. The normalized spacial score (nSPS) is 11.3. The molecule has 0 spiro atoms. The van der Waals surface area contributed by atoms with Gasteiger partial charge in [-0.2, -0.15) is 5.10 Å². The molecule has 0 atom stereocenters. The van der Waals surface area contributed by atoms with E-state index in [9.17, 15) is 13.6 Å². The molecule has 0 saturated heterocycles. The molecule has 0 aliphatic rings. The summed E-state index contributed by atoms with van der Waals surface area (Å²) in [6.07, 6.45) is 5.56. The van der Waals surface area contributed by atoms with Gasteiger partial charge in [-0.05, 0) is 60.7 Å². The fraction of sp³-hybridized carbons (Fsp3) is 0.0357. The number of carbonyl (C=O) groups is 1. The molecule has 1 amide bonds. The number of fused-ring (bicyclic) bond motifs is 1. The summed E-state index contributed by atoms with van der Waals surface area (Å²) >= 11 is 1.44. The van der Waals surface area contributed by atoms with E-state index < -0.39 is 11.6 Å². The highest BCUT2D eigenvalue weighted by Crippen LogP contribution is 2.33. The minimum atomic E-state index is -0.694. The first-order valence-electron chi connectivity index (χ1n) is 11.1. The third-order valence-corrected chi connectivity index (χ3v) is 6.54. The molecule has 2 aromatic heterocycles. The van der Waals surface area contributed by atoms with Crippen molar-refractivity contribution in [2.45, 2.75) is 16.3 Å². The molecule has 36 heavy (non-hydrogen) atoms. The molecular weight excluding hydrogens is 478 g/mol. The van der Waals surface area contributed by atoms with Crippen molar-refractivity contribution in [2.24, 2.45) is 0 Å². The van der Waals surface area contributed by atoms with Crippen molar-refractivity contribution in [1.29, 1.82) is 0 Å². The molecule has 0 radical (unpaired) electrons. The smallest absolute Gasteiger partial charge is 0.252 e. The van der Waals surface area contributed by atoms with Crippen LogP contribution in [-0.4, -0.2) is 21.1 Å². The molecule has 0 aliphatic carbocycles. The number of halogens is 2. The molecule has 178 valence electrons. The highest BCUT2D eigenvalue weighted by molar-refractivity contribution is 7.99. The van der Waals surface area contributed by atoms with E-state index in [0.29, 0.717) is 5.56 Å². The van der Waals surface area contributed by atoms with Gasteiger partial charge in [0.05, 0.1) is 22.5 Å². The molecule has 0 fully saturated rings. The van der Waals surface area contributed by atoms with Crippen LogP contribution in [0.1, 0.15) is 27.3 Å². The molecule has 0 unspecified atom stereocenters. The van der Waals surface area contributed by atoms with Crippen LogP contribution >= 0.6 is 11.8 Å². The van der Waals surface area contributed by atoms with Crippen LogP contribution in [0.3, 0.4) is 0 Å². The van der Waals surface area contributed by atoms with Crippen molar-refractivity contribution in [2.75, 3.05) is 0 Å². The number of nitrogens with one attached hydrogen (secondary N) is 2. The first-order valence-corrected chi connectivity index (χ1v) is 11.9. The van der Waals surface area contributed by atoms with Crippen molar-refractivity contribution in [3.05, 3.63) is 119 Å². The first-order chi connectivity index (χ1) is 17.6. The molecule has 2 heterocycles. The third-order valence-electron chi connectivity index (χ3n) is 5.48. The van der Waals surface area contributed by atoms with Gasteiger partial charge in [0.2, 0.25) is 0 Å². The fourth-order valence-corrected chi connectivity index (χ4v) is 4.64. The van der Waals surface area contributed by atoms with Crippen molar-refractivity contribution in [1.82, 2.24) is 20.5 Å². The number of rotatable bonds is 7. The Labute approximate surface area is 210 Å². The lowest BCUT2D eigenvalue weighted by Crippen LogP contribution is -2.23. The van der Waals surface area contributed by atoms with E-state index in [0.717, 1.165) is 38.1 Å². The number of aromatic amines is 1. The van der Waals surface area contributed by atoms with E-state index in [1.807, 2.05) is 60.7 Å². The predicted octanol–water partition coefficient (Wildman–Crippen LogP) is 6.49. The Hall–Kier alpha value is -4.30. The second-order valence-electron chi connectivity index (χ2n) is 7.92. The topological polar surface area (TPSA) is 70.7 Å². The molecule has 2 N–H and O–H groups in total. The number of benzene rings is 3. The Bertz CT molecular complexity index is 1570. The lowest BCUT2D eigenvalue weighted by Gasteiger charge is -2.11. The minimum absolute atomic E-state index is 0.0428. The van der Waals surface area contributed by atoms with Gasteiger partial charge in [-0.1, -0.05) is 36.0 Å². The molecule has 5 nitrogen and oxygen atoms in total. The molecule has 3 aromatic carbocycles. The first kappa shape index (κ1) is 23.4.